The van der Waals surface area contributed by atoms with Crippen molar-refractivity contribution >= 4 is 5.69 Å². The molecule has 5 rings (SSSR count). The maximum Gasteiger partial charge on any atom is 0.0701 e. The van der Waals surface area contributed by atoms with E-state index >= 15 is 0 Å². The topological polar surface area (TPSA) is 32.3 Å². The fourth-order valence-electron chi connectivity index (χ4n) is 5.14. The Morgan fingerprint density at radius 3 is 2.21 bits per heavy atom. The maximum atomic E-state index is 9.46. The average Bonchev–Trinajstić information content (AvgIpc) is 2.42. The van der Waals surface area contributed by atoms with Gasteiger partial charge in [0.05, 0.1) is 6.61 Å². The summed E-state index contributed by atoms with van der Waals surface area (Å²) in [6.45, 7) is 0.135. The Balaban J connectivity index is 1.57. The van der Waals surface area contributed by atoms with Crippen LogP contribution < -0.4 is 5.32 Å². The Bertz CT molecular complexity index is 442. The highest BCUT2D eigenvalue weighted by molar-refractivity contribution is 5.52. The van der Waals surface area contributed by atoms with Gasteiger partial charge in [0.15, 0.2) is 0 Å². The lowest BCUT2D eigenvalue weighted by atomic mass is 9.54. The summed E-state index contributed by atoms with van der Waals surface area (Å²) in [6.07, 6.45) is 7.25. The summed E-state index contributed by atoms with van der Waals surface area (Å²) in [5, 5.41) is 13.2. The van der Waals surface area contributed by atoms with E-state index in [0.717, 1.165) is 34.9 Å². The van der Waals surface area contributed by atoms with Gasteiger partial charge in [-0.1, -0.05) is 18.2 Å². The van der Waals surface area contributed by atoms with Crippen LogP contribution in [-0.2, 0) is 6.61 Å². The molecule has 1 aromatic carbocycles. The number of anilines is 1. The fourth-order valence-corrected chi connectivity index (χ4v) is 5.14. The number of rotatable bonds is 3. The van der Waals surface area contributed by atoms with Crippen LogP contribution in [0.1, 0.15) is 37.7 Å². The molecule has 0 amide bonds. The molecule has 19 heavy (non-hydrogen) atoms. The average molecular weight is 257 g/mol. The number of para-hydroxylation sites is 1. The SMILES string of the molecule is OCc1ccccc1NC1C2CC3CC(C2)CC1C3. The largest absolute Gasteiger partial charge is 0.392 e. The first-order valence-corrected chi connectivity index (χ1v) is 7.78. The monoisotopic (exact) mass is 257 g/mol. The van der Waals surface area contributed by atoms with Crippen molar-refractivity contribution in [3.05, 3.63) is 29.8 Å². The van der Waals surface area contributed by atoms with Crippen molar-refractivity contribution in [3.8, 4) is 0 Å². The highest BCUT2D eigenvalue weighted by Crippen LogP contribution is 2.54. The van der Waals surface area contributed by atoms with Gasteiger partial charge in [-0.3, -0.25) is 0 Å². The molecule has 4 aliphatic carbocycles. The molecule has 0 atom stereocenters. The smallest absolute Gasteiger partial charge is 0.0701 e. The summed E-state index contributed by atoms with van der Waals surface area (Å²) in [7, 11) is 0. The van der Waals surface area contributed by atoms with Crippen molar-refractivity contribution in [3.63, 3.8) is 0 Å². The van der Waals surface area contributed by atoms with E-state index in [-0.39, 0.29) is 6.61 Å². The second kappa shape index (κ2) is 4.52. The molecule has 4 bridgehead atoms. The maximum absolute atomic E-state index is 9.46. The van der Waals surface area contributed by atoms with Gasteiger partial charge in [0, 0.05) is 17.3 Å². The molecule has 2 nitrogen and oxygen atoms in total. The van der Waals surface area contributed by atoms with Crippen LogP contribution in [0.25, 0.3) is 0 Å². The number of hydrogen-bond donors (Lipinski definition) is 2. The minimum absolute atomic E-state index is 0.135. The van der Waals surface area contributed by atoms with E-state index in [2.05, 4.69) is 17.4 Å². The van der Waals surface area contributed by atoms with Crippen molar-refractivity contribution in [1.29, 1.82) is 0 Å². The van der Waals surface area contributed by atoms with E-state index < -0.39 is 0 Å². The fraction of sp³-hybridized carbons (Fsp3) is 0.647. The van der Waals surface area contributed by atoms with Crippen LogP contribution in [-0.4, -0.2) is 11.1 Å². The van der Waals surface area contributed by atoms with Gasteiger partial charge in [-0.05, 0) is 61.8 Å². The molecule has 0 heterocycles. The summed E-state index contributed by atoms with van der Waals surface area (Å²) in [5.74, 6) is 3.80. The van der Waals surface area contributed by atoms with Gasteiger partial charge in [0.2, 0.25) is 0 Å². The first-order chi connectivity index (χ1) is 9.33. The highest BCUT2D eigenvalue weighted by Gasteiger charge is 2.48. The Labute approximate surface area is 115 Å². The normalized spacial score (nSPS) is 39.5. The summed E-state index contributed by atoms with van der Waals surface area (Å²) in [6, 6.07) is 8.88. The van der Waals surface area contributed by atoms with Crippen LogP contribution in [0, 0.1) is 23.7 Å². The molecule has 0 saturated heterocycles. The quantitative estimate of drug-likeness (QED) is 0.869. The third-order valence-electron chi connectivity index (χ3n) is 5.74. The van der Waals surface area contributed by atoms with Crippen molar-refractivity contribution in [2.24, 2.45) is 23.7 Å². The Hall–Kier alpha value is -1.02. The molecule has 4 fully saturated rings. The van der Waals surface area contributed by atoms with Crippen LogP contribution in [0.2, 0.25) is 0 Å². The van der Waals surface area contributed by atoms with E-state index in [0.29, 0.717) is 6.04 Å². The van der Waals surface area contributed by atoms with Crippen LogP contribution in [0.3, 0.4) is 0 Å². The molecular weight excluding hydrogens is 234 g/mol. The minimum Gasteiger partial charge on any atom is -0.392 e. The van der Waals surface area contributed by atoms with Crippen molar-refractivity contribution < 1.29 is 5.11 Å². The predicted molar refractivity (Wildman–Crippen MR) is 76.8 cm³/mol. The molecule has 0 unspecified atom stereocenters. The zero-order chi connectivity index (χ0) is 12.8. The summed E-state index contributed by atoms with van der Waals surface area (Å²) in [4.78, 5) is 0. The van der Waals surface area contributed by atoms with E-state index in [9.17, 15) is 5.11 Å². The third kappa shape index (κ3) is 1.97. The van der Waals surface area contributed by atoms with E-state index in [4.69, 9.17) is 0 Å². The summed E-state index contributed by atoms with van der Waals surface area (Å²) < 4.78 is 0. The number of aliphatic hydroxyl groups is 1. The molecule has 4 aliphatic rings. The van der Waals surface area contributed by atoms with Crippen LogP contribution in [0.5, 0.6) is 0 Å². The van der Waals surface area contributed by atoms with Crippen LogP contribution in [0.4, 0.5) is 5.69 Å². The molecule has 4 saturated carbocycles. The molecule has 0 spiro atoms. The first kappa shape index (κ1) is 11.8. The second-order valence-corrected chi connectivity index (χ2v) is 6.92. The Morgan fingerprint density at radius 1 is 0.947 bits per heavy atom. The van der Waals surface area contributed by atoms with E-state index in [1.807, 2.05) is 12.1 Å². The zero-order valence-corrected chi connectivity index (χ0v) is 11.4. The Morgan fingerprint density at radius 2 is 1.58 bits per heavy atom. The van der Waals surface area contributed by atoms with Gasteiger partial charge in [-0.25, -0.2) is 0 Å². The molecule has 0 aliphatic heterocycles. The van der Waals surface area contributed by atoms with Gasteiger partial charge in [-0.15, -0.1) is 0 Å². The van der Waals surface area contributed by atoms with Crippen molar-refractivity contribution in [1.82, 2.24) is 0 Å². The number of benzene rings is 1. The van der Waals surface area contributed by atoms with Crippen LogP contribution >= 0.6 is 0 Å². The lowest BCUT2D eigenvalue weighted by Gasteiger charge is -2.54. The van der Waals surface area contributed by atoms with Crippen molar-refractivity contribution in [2.45, 2.75) is 44.8 Å². The van der Waals surface area contributed by atoms with E-state index in [1.165, 1.54) is 32.1 Å². The zero-order valence-electron chi connectivity index (χ0n) is 11.4. The molecule has 1 aromatic rings. The van der Waals surface area contributed by atoms with Gasteiger partial charge >= 0.3 is 0 Å². The first-order valence-electron chi connectivity index (χ1n) is 7.78. The predicted octanol–water partition coefficient (Wildman–Crippen LogP) is 3.42. The molecule has 0 aromatic heterocycles. The van der Waals surface area contributed by atoms with Gasteiger partial charge in [-0.2, -0.15) is 0 Å². The summed E-state index contributed by atoms with van der Waals surface area (Å²) in [5.41, 5.74) is 2.19. The van der Waals surface area contributed by atoms with Crippen molar-refractivity contribution in [2.75, 3.05) is 5.32 Å². The molecular formula is C17H23NO. The minimum atomic E-state index is 0.135. The second-order valence-electron chi connectivity index (χ2n) is 6.92. The standard InChI is InChI=1S/C17H23NO/c19-10-13-3-1-2-4-16(13)18-17-14-6-11-5-12(8-14)9-15(17)7-11/h1-4,11-12,14-15,17-19H,5-10H2. The van der Waals surface area contributed by atoms with Gasteiger partial charge in [0.1, 0.15) is 0 Å². The van der Waals surface area contributed by atoms with E-state index in [1.54, 1.807) is 0 Å². The van der Waals surface area contributed by atoms with Gasteiger partial charge < -0.3 is 10.4 Å². The summed E-state index contributed by atoms with van der Waals surface area (Å²) >= 11 is 0. The number of aliphatic hydroxyl groups excluding tert-OH is 1. The van der Waals surface area contributed by atoms with Gasteiger partial charge in [0.25, 0.3) is 0 Å². The molecule has 102 valence electrons. The lowest BCUT2D eigenvalue weighted by Crippen LogP contribution is -2.51. The number of nitrogens with one attached hydrogen (secondary N) is 1. The Kier molecular flexibility index (Phi) is 2.80. The third-order valence-corrected chi connectivity index (χ3v) is 5.74. The molecule has 2 N–H and O–H groups in total. The van der Waals surface area contributed by atoms with Crippen LogP contribution in [0.15, 0.2) is 24.3 Å². The molecule has 0 radical (unpaired) electrons. The highest BCUT2D eigenvalue weighted by atomic mass is 16.3. The molecule has 2 heteroatoms. The number of hydrogen-bond acceptors (Lipinski definition) is 2. The lowest BCUT2D eigenvalue weighted by molar-refractivity contribution is 0.00749.